The summed E-state index contributed by atoms with van der Waals surface area (Å²) in [7, 11) is 0. The number of hydrogen-bond donors (Lipinski definition) is 1. The summed E-state index contributed by atoms with van der Waals surface area (Å²) in [6, 6.07) is 13.0. The van der Waals surface area contributed by atoms with Gasteiger partial charge in [-0.1, -0.05) is 58.0 Å². The van der Waals surface area contributed by atoms with E-state index in [9.17, 15) is 0 Å². The van der Waals surface area contributed by atoms with Crippen molar-refractivity contribution in [1.29, 1.82) is 0 Å². The first-order valence-corrected chi connectivity index (χ1v) is 8.51. The maximum Gasteiger partial charge on any atom is 0.0476 e. The zero-order valence-electron chi connectivity index (χ0n) is 14.0. The van der Waals surface area contributed by atoms with Crippen LogP contribution >= 0.6 is 0 Å². The number of rotatable bonds is 4. The monoisotopic (exact) mass is 286 g/mol. The summed E-state index contributed by atoms with van der Waals surface area (Å²) in [4.78, 5) is 2.79. The lowest BCUT2D eigenvalue weighted by atomic mass is 9.95. The van der Waals surface area contributed by atoms with Gasteiger partial charge in [0.05, 0.1) is 0 Å². The van der Waals surface area contributed by atoms with Crippen LogP contribution in [0.1, 0.15) is 52.1 Å². The van der Waals surface area contributed by atoms with E-state index in [1.807, 2.05) is 0 Å². The molecule has 21 heavy (non-hydrogen) atoms. The van der Waals surface area contributed by atoms with Crippen molar-refractivity contribution in [3.8, 4) is 0 Å². The Morgan fingerprint density at radius 2 is 1.90 bits per heavy atom. The third-order valence-electron chi connectivity index (χ3n) is 5.23. The van der Waals surface area contributed by atoms with E-state index in [4.69, 9.17) is 0 Å². The molecule has 0 bridgehead atoms. The standard InChI is InChI=1S/C19H30N2/c1-14(2)10-16-13-21(18-11-19(18,3)4)17(12-20-16)15-8-6-5-7-9-15/h5-9,14,16-18,20H,10-13H2,1-4H3. The highest BCUT2D eigenvalue weighted by atomic mass is 15.3. The molecule has 1 aliphatic carbocycles. The molecule has 1 aromatic carbocycles. The predicted octanol–water partition coefficient (Wildman–Crippen LogP) is 3.85. The zero-order chi connectivity index (χ0) is 15.0. The van der Waals surface area contributed by atoms with Gasteiger partial charge in [-0.25, -0.2) is 0 Å². The lowest BCUT2D eigenvalue weighted by molar-refractivity contribution is 0.100. The first-order chi connectivity index (χ1) is 9.97. The van der Waals surface area contributed by atoms with Gasteiger partial charge in [-0.05, 0) is 29.7 Å². The summed E-state index contributed by atoms with van der Waals surface area (Å²) in [6.07, 6.45) is 2.63. The minimum absolute atomic E-state index is 0.507. The van der Waals surface area contributed by atoms with Gasteiger partial charge in [0.25, 0.3) is 0 Å². The van der Waals surface area contributed by atoms with Gasteiger partial charge in [-0.2, -0.15) is 0 Å². The zero-order valence-corrected chi connectivity index (χ0v) is 14.0. The third-order valence-corrected chi connectivity index (χ3v) is 5.23. The van der Waals surface area contributed by atoms with E-state index >= 15 is 0 Å². The van der Waals surface area contributed by atoms with Crippen LogP contribution in [-0.2, 0) is 0 Å². The average molecular weight is 286 g/mol. The van der Waals surface area contributed by atoms with Crippen molar-refractivity contribution in [3.05, 3.63) is 35.9 Å². The number of nitrogens with one attached hydrogen (secondary N) is 1. The van der Waals surface area contributed by atoms with Crippen LogP contribution in [0.25, 0.3) is 0 Å². The Bertz CT molecular complexity index is 466. The van der Waals surface area contributed by atoms with Crippen LogP contribution in [0, 0.1) is 11.3 Å². The minimum atomic E-state index is 0.507. The van der Waals surface area contributed by atoms with E-state index in [0.29, 0.717) is 17.5 Å². The quantitative estimate of drug-likeness (QED) is 0.904. The van der Waals surface area contributed by atoms with E-state index in [0.717, 1.165) is 18.5 Å². The summed E-state index contributed by atoms with van der Waals surface area (Å²) in [5.74, 6) is 0.768. The van der Waals surface area contributed by atoms with Crippen molar-refractivity contribution in [2.45, 2.75) is 58.7 Å². The molecule has 1 saturated carbocycles. The van der Waals surface area contributed by atoms with E-state index < -0.39 is 0 Å². The smallest absolute Gasteiger partial charge is 0.0476 e. The highest BCUT2D eigenvalue weighted by Crippen LogP contribution is 2.51. The fraction of sp³-hybridized carbons (Fsp3) is 0.684. The molecule has 1 heterocycles. The molecule has 0 amide bonds. The summed E-state index contributed by atoms with van der Waals surface area (Å²) in [5, 5.41) is 3.80. The van der Waals surface area contributed by atoms with Crippen LogP contribution in [0.15, 0.2) is 30.3 Å². The normalized spacial score (nSPS) is 32.3. The fourth-order valence-corrected chi connectivity index (χ4v) is 3.90. The highest BCUT2D eigenvalue weighted by molar-refractivity contribution is 5.22. The summed E-state index contributed by atoms with van der Waals surface area (Å²) in [6.45, 7) is 11.8. The molecule has 1 aliphatic heterocycles. The Morgan fingerprint density at radius 3 is 2.48 bits per heavy atom. The van der Waals surface area contributed by atoms with E-state index in [1.54, 1.807) is 0 Å². The summed E-state index contributed by atoms with van der Waals surface area (Å²) >= 11 is 0. The van der Waals surface area contributed by atoms with Gasteiger partial charge >= 0.3 is 0 Å². The first kappa shape index (κ1) is 15.1. The highest BCUT2D eigenvalue weighted by Gasteiger charge is 2.52. The summed E-state index contributed by atoms with van der Waals surface area (Å²) < 4.78 is 0. The predicted molar refractivity (Wildman–Crippen MR) is 89.3 cm³/mol. The Morgan fingerprint density at radius 1 is 1.24 bits per heavy atom. The molecule has 0 spiro atoms. The van der Waals surface area contributed by atoms with E-state index in [1.165, 1.54) is 24.9 Å². The minimum Gasteiger partial charge on any atom is -0.311 e. The molecule has 1 saturated heterocycles. The Hall–Kier alpha value is -0.860. The van der Waals surface area contributed by atoms with Crippen molar-refractivity contribution in [1.82, 2.24) is 10.2 Å². The van der Waals surface area contributed by atoms with E-state index in [2.05, 4.69) is 68.2 Å². The molecule has 3 unspecified atom stereocenters. The van der Waals surface area contributed by atoms with Gasteiger partial charge in [0.2, 0.25) is 0 Å². The SMILES string of the molecule is CC(C)CC1CN(C2CC2(C)C)C(c2ccccc2)CN1. The molecular formula is C19H30N2. The first-order valence-electron chi connectivity index (χ1n) is 8.51. The molecule has 2 aliphatic rings. The molecule has 1 aromatic rings. The van der Waals surface area contributed by atoms with Crippen molar-refractivity contribution in [2.75, 3.05) is 13.1 Å². The van der Waals surface area contributed by atoms with Crippen LogP contribution in [0.2, 0.25) is 0 Å². The average Bonchev–Trinajstić information content (AvgIpc) is 3.08. The van der Waals surface area contributed by atoms with Crippen molar-refractivity contribution in [2.24, 2.45) is 11.3 Å². The van der Waals surface area contributed by atoms with Crippen LogP contribution in [0.4, 0.5) is 0 Å². The molecule has 116 valence electrons. The molecule has 1 N–H and O–H groups in total. The van der Waals surface area contributed by atoms with Gasteiger partial charge in [0, 0.05) is 31.2 Å². The molecule has 2 heteroatoms. The molecule has 2 fully saturated rings. The van der Waals surface area contributed by atoms with Crippen LogP contribution < -0.4 is 5.32 Å². The fourth-order valence-electron chi connectivity index (χ4n) is 3.90. The molecule has 0 radical (unpaired) electrons. The maximum absolute atomic E-state index is 3.80. The molecule has 3 atom stereocenters. The number of benzene rings is 1. The number of piperazine rings is 1. The molecule has 0 aromatic heterocycles. The van der Waals surface area contributed by atoms with E-state index in [-0.39, 0.29) is 0 Å². The van der Waals surface area contributed by atoms with Crippen LogP contribution in [-0.4, -0.2) is 30.1 Å². The Kier molecular flexibility index (Phi) is 4.11. The second-order valence-corrected chi connectivity index (χ2v) is 8.07. The maximum atomic E-state index is 3.80. The Balaban J connectivity index is 1.77. The number of nitrogens with zero attached hydrogens (tertiary/aromatic N) is 1. The van der Waals surface area contributed by atoms with Crippen LogP contribution in [0.5, 0.6) is 0 Å². The second-order valence-electron chi connectivity index (χ2n) is 8.07. The lowest BCUT2D eigenvalue weighted by Gasteiger charge is -2.42. The van der Waals surface area contributed by atoms with Crippen molar-refractivity contribution >= 4 is 0 Å². The van der Waals surface area contributed by atoms with Gasteiger partial charge in [0.1, 0.15) is 0 Å². The van der Waals surface area contributed by atoms with Crippen molar-refractivity contribution < 1.29 is 0 Å². The van der Waals surface area contributed by atoms with Gasteiger partial charge < -0.3 is 5.32 Å². The Labute approximate surface area is 129 Å². The largest absolute Gasteiger partial charge is 0.311 e. The molecular weight excluding hydrogens is 256 g/mol. The lowest BCUT2D eigenvalue weighted by Crippen LogP contribution is -2.54. The summed E-state index contributed by atoms with van der Waals surface area (Å²) in [5.41, 5.74) is 1.97. The van der Waals surface area contributed by atoms with Gasteiger partial charge in [-0.15, -0.1) is 0 Å². The second kappa shape index (κ2) is 5.73. The third kappa shape index (κ3) is 3.32. The van der Waals surface area contributed by atoms with Crippen LogP contribution in [0.3, 0.4) is 0 Å². The molecule has 3 rings (SSSR count). The van der Waals surface area contributed by atoms with Crippen molar-refractivity contribution in [3.63, 3.8) is 0 Å². The molecule has 2 nitrogen and oxygen atoms in total. The number of hydrogen-bond acceptors (Lipinski definition) is 2. The van der Waals surface area contributed by atoms with Gasteiger partial charge in [0.15, 0.2) is 0 Å². The topological polar surface area (TPSA) is 15.3 Å². The van der Waals surface area contributed by atoms with Gasteiger partial charge in [-0.3, -0.25) is 4.90 Å².